The van der Waals surface area contributed by atoms with E-state index >= 15 is 0 Å². The average molecular weight is 289 g/mol. The van der Waals surface area contributed by atoms with Crippen LogP contribution in [0.15, 0.2) is 18.3 Å². The van der Waals surface area contributed by atoms with Gasteiger partial charge in [0.25, 0.3) is 5.91 Å². The molecule has 1 atom stereocenters. The number of terminal acetylenes is 1. The van der Waals surface area contributed by atoms with Crippen LogP contribution in [0.2, 0.25) is 0 Å². The number of hydrogen-bond acceptors (Lipinski definition) is 4. The van der Waals surface area contributed by atoms with Gasteiger partial charge < -0.3 is 15.4 Å². The minimum absolute atomic E-state index is 0.200. The van der Waals surface area contributed by atoms with E-state index in [9.17, 15) is 4.79 Å². The number of carbonyl (C=O) groups excluding carboxylic acids is 1. The Hall–Kier alpha value is -2.06. The fourth-order valence-electron chi connectivity index (χ4n) is 1.61. The van der Waals surface area contributed by atoms with Crippen molar-refractivity contribution in [1.82, 2.24) is 15.6 Å². The summed E-state index contributed by atoms with van der Waals surface area (Å²) >= 11 is 0. The minimum Gasteiger partial charge on any atom is -0.479 e. The van der Waals surface area contributed by atoms with E-state index in [1.165, 1.54) is 0 Å². The molecule has 0 saturated heterocycles. The van der Waals surface area contributed by atoms with Gasteiger partial charge in [-0.15, -0.1) is 6.42 Å². The maximum Gasteiger partial charge on any atom is 0.261 e. The minimum atomic E-state index is -0.606. The first-order chi connectivity index (χ1) is 10.0. The van der Waals surface area contributed by atoms with Gasteiger partial charge in [-0.1, -0.05) is 19.8 Å². The first kappa shape index (κ1) is 17.0. The van der Waals surface area contributed by atoms with Crippen LogP contribution in [0.5, 0.6) is 5.75 Å². The fraction of sp³-hybridized carbons (Fsp3) is 0.500. The molecule has 0 aromatic carbocycles. The van der Waals surface area contributed by atoms with E-state index in [1.54, 1.807) is 13.1 Å². The summed E-state index contributed by atoms with van der Waals surface area (Å²) in [6.07, 6.45) is 6.10. The van der Waals surface area contributed by atoms with E-state index in [4.69, 9.17) is 11.2 Å². The number of nitrogens with one attached hydrogen (secondary N) is 2. The van der Waals surface area contributed by atoms with E-state index in [0.717, 1.165) is 18.8 Å². The molecule has 0 saturated carbocycles. The van der Waals surface area contributed by atoms with Crippen molar-refractivity contribution in [3.63, 3.8) is 0 Å². The lowest BCUT2D eigenvalue weighted by Crippen LogP contribution is -2.36. The van der Waals surface area contributed by atoms with Gasteiger partial charge in [0, 0.05) is 6.54 Å². The molecule has 0 aliphatic heterocycles. The first-order valence-electron chi connectivity index (χ1n) is 7.06. The number of rotatable bonds is 8. The lowest BCUT2D eigenvalue weighted by Gasteiger charge is -2.14. The van der Waals surface area contributed by atoms with Crippen LogP contribution in [0.1, 0.15) is 26.5 Å². The SMILES string of the molecule is C#CCNC(=O)C(C)Oc1ccc(CNCC(C)C)nc1. The monoisotopic (exact) mass is 289 g/mol. The third-order valence-corrected chi connectivity index (χ3v) is 2.70. The van der Waals surface area contributed by atoms with Gasteiger partial charge in [0.15, 0.2) is 6.10 Å². The lowest BCUT2D eigenvalue weighted by molar-refractivity contribution is -0.127. The molecule has 21 heavy (non-hydrogen) atoms. The Balaban J connectivity index is 2.43. The van der Waals surface area contributed by atoms with Crippen molar-refractivity contribution in [3.8, 4) is 18.1 Å². The Bertz CT molecular complexity index is 477. The molecule has 5 heteroatoms. The smallest absolute Gasteiger partial charge is 0.261 e. The molecule has 1 amide bonds. The number of aromatic nitrogens is 1. The molecular formula is C16H23N3O2. The summed E-state index contributed by atoms with van der Waals surface area (Å²) in [6, 6.07) is 3.69. The Kier molecular flexibility index (Phi) is 7.27. The zero-order valence-corrected chi connectivity index (χ0v) is 12.8. The molecule has 5 nitrogen and oxygen atoms in total. The van der Waals surface area contributed by atoms with Crippen LogP contribution in [0.25, 0.3) is 0 Å². The third kappa shape index (κ3) is 6.77. The number of amides is 1. The number of ether oxygens (including phenoxy) is 1. The van der Waals surface area contributed by atoms with Crippen molar-refractivity contribution >= 4 is 5.91 Å². The van der Waals surface area contributed by atoms with E-state index in [0.29, 0.717) is 11.7 Å². The second-order valence-electron chi connectivity index (χ2n) is 5.19. The highest BCUT2D eigenvalue weighted by Gasteiger charge is 2.13. The summed E-state index contributed by atoms with van der Waals surface area (Å²) in [4.78, 5) is 15.9. The van der Waals surface area contributed by atoms with Gasteiger partial charge in [-0.05, 0) is 31.5 Å². The van der Waals surface area contributed by atoms with E-state index in [1.807, 2.05) is 12.1 Å². The Morgan fingerprint density at radius 1 is 1.43 bits per heavy atom. The number of hydrogen-bond donors (Lipinski definition) is 2. The molecule has 0 aliphatic carbocycles. The Morgan fingerprint density at radius 2 is 2.19 bits per heavy atom. The normalized spacial score (nSPS) is 11.8. The van der Waals surface area contributed by atoms with Crippen LogP contribution >= 0.6 is 0 Å². The van der Waals surface area contributed by atoms with Gasteiger partial charge in [-0.3, -0.25) is 9.78 Å². The van der Waals surface area contributed by atoms with Crippen molar-refractivity contribution in [2.75, 3.05) is 13.1 Å². The summed E-state index contributed by atoms with van der Waals surface area (Å²) in [5.74, 6) is 3.27. The zero-order chi connectivity index (χ0) is 15.7. The Morgan fingerprint density at radius 3 is 2.76 bits per heavy atom. The van der Waals surface area contributed by atoms with Crippen molar-refractivity contribution in [2.24, 2.45) is 5.92 Å². The highest BCUT2D eigenvalue weighted by Crippen LogP contribution is 2.11. The van der Waals surface area contributed by atoms with Crippen LogP contribution in [-0.4, -0.2) is 30.1 Å². The molecule has 1 unspecified atom stereocenters. The van der Waals surface area contributed by atoms with Gasteiger partial charge in [-0.25, -0.2) is 0 Å². The van der Waals surface area contributed by atoms with E-state index in [-0.39, 0.29) is 12.5 Å². The number of carbonyl (C=O) groups is 1. The largest absolute Gasteiger partial charge is 0.479 e. The summed E-state index contributed by atoms with van der Waals surface area (Å²) < 4.78 is 5.51. The molecule has 1 aromatic rings. The van der Waals surface area contributed by atoms with Crippen molar-refractivity contribution in [2.45, 2.75) is 33.4 Å². The van der Waals surface area contributed by atoms with Gasteiger partial charge in [-0.2, -0.15) is 0 Å². The predicted molar refractivity (Wildman–Crippen MR) is 82.7 cm³/mol. The van der Waals surface area contributed by atoms with Crippen molar-refractivity contribution < 1.29 is 9.53 Å². The van der Waals surface area contributed by atoms with Gasteiger partial charge >= 0.3 is 0 Å². The molecular weight excluding hydrogens is 266 g/mol. The van der Waals surface area contributed by atoms with Crippen LogP contribution < -0.4 is 15.4 Å². The second-order valence-corrected chi connectivity index (χ2v) is 5.19. The number of pyridine rings is 1. The van der Waals surface area contributed by atoms with Crippen LogP contribution in [0, 0.1) is 18.3 Å². The standard InChI is InChI=1S/C16H23N3O2/c1-5-8-18-16(20)13(4)21-15-7-6-14(19-11-15)10-17-9-12(2)3/h1,6-7,11-13,17H,8-10H2,2-4H3,(H,18,20). The van der Waals surface area contributed by atoms with E-state index in [2.05, 4.69) is 35.4 Å². The van der Waals surface area contributed by atoms with E-state index < -0.39 is 6.10 Å². The molecule has 0 aliphatic rings. The lowest BCUT2D eigenvalue weighted by atomic mass is 10.2. The molecule has 0 radical (unpaired) electrons. The third-order valence-electron chi connectivity index (χ3n) is 2.70. The molecule has 1 rings (SSSR count). The van der Waals surface area contributed by atoms with Crippen molar-refractivity contribution in [1.29, 1.82) is 0 Å². The maximum absolute atomic E-state index is 11.6. The van der Waals surface area contributed by atoms with Crippen LogP contribution in [0.3, 0.4) is 0 Å². The predicted octanol–water partition coefficient (Wildman–Crippen LogP) is 1.34. The summed E-state index contributed by atoms with van der Waals surface area (Å²) in [7, 11) is 0. The molecule has 1 heterocycles. The number of nitrogens with zero attached hydrogens (tertiary/aromatic N) is 1. The van der Waals surface area contributed by atoms with Gasteiger partial charge in [0.05, 0.1) is 18.4 Å². The summed E-state index contributed by atoms with van der Waals surface area (Å²) in [6.45, 7) is 7.85. The first-order valence-corrected chi connectivity index (χ1v) is 7.06. The topological polar surface area (TPSA) is 63.2 Å². The molecule has 114 valence electrons. The maximum atomic E-state index is 11.6. The molecule has 2 N–H and O–H groups in total. The van der Waals surface area contributed by atoms with Crippen LogP contribution in [-0.2, 0) is 11.3 Å². The highest BCUT2D eigenvalue weighted by molar-refractivity contribution is 5.80. The summed E-state index contributed by atoms with van der Waals surface area (Å²) in [5.41, 5.74) is 0.937. The highest BCUT2D eigenvalue weighted by atomic mass is 16.5. The molecule has 0 fully saturated rings. The van der Waals surface area contributed by atoms with Gasteiger partial charge in [0.1, 0.15) is 5.75 Å². The second kappa shape index (κ2) is 8.98. The Labute approximate surface area is 126 Å². The summed E-state index contributed by atoms with van der Waals surface area (Å²) in [5, 5.41) is 5.89. The molecule has 0 bridgehead atoms. The zero-order valence-electron chi connectivity index (χ0n) is 12.8. The van der Waals surface area contributed by atoms with Gasteiger partial charge in [0.2, 0.25) is 0 Å². The quantitative estimate of drug-likeness (QED) is 0.709. The molecule has 1 aromatic heterocycles. The average Bonchev–Trinajstić information content (AvgIpc) is 2.46. The fourth-order valence-corrected chi connectivity index (χ4v) is 1.61. The molecule has 0 spiro atoms. The van der Waals surface area contributed by atoms with Crippen molar-refractivity contribution in [3.05, 3.63) is 24.0 Å². The van der Waals surface area contributed by atoms with Crippen LogP contribution in [0.4, 0.5) is 0 Å².